The summed E-state index contributed by atoms with van der Waals surface area (Å²) < 4.78 is 10.9. The van der Waals surface area contributed by atoms with Crippen LogP contribution < -0.4 is 10.6 Å². The van der Waals surface area contributed by atoms with Gasteiger partial charge in [0.2, 0.25) is 5.91 Å². The molecular formula is C11H22N2O2S. The van der Waals surface area contributed by atoms with Gasteiger partial charge in [-0.1, -0.05) is 13.3 Å². The van der Waals surface area contributed by atoms with E-state index in [0.717, 1.165) is 32.4 Å². The summed E-state index contributed by atoms with van der Waals surface area (Å²) in [6.45, 7) is 4.33. The van der Waals surface area contributed by atoms with Crippen LogP contribution in [0.15, 0.2) is 0 Å². The minimum Gasteiger partial charge on any atom is -0.355 e. The third-order valence-electron chi connectivity index (χ3n) is 3.13. The molecule has 1 aliphatic heterocycles. The van der Waals surface area contributed by atoms with Gasteiger partial charge in [-0.3, -0.25) is 9.00 Å². The SMILES string of the molecule is CCCC1(C(=O)NCCS(C)=O)CCNC1. The molecule has 0 spiro atoms. The summed E-state index contributed by atoms with van der Waals surface area (Å²) in [6.07, 6.45) is 4.53. The maximum Gasteiger partial charge on any atom is 0.227 e. The summed E-state index contributed by atoms with van der Waals surface area (Å²) in [5.74, 6) is 0.672. The maximum absolute atomic E-state index is 12.1. The Bertz CT molecular complexity index is 263. The van der Waals surface area contributed by atoms with Crippen molar-refractivity contribution in [3.8, 4) is 0 Å². The minimum atomic E-state index is -0.831. The quantitative estimate of drug-likeness (QED) is 0.707. The van der Waals surface area contributed by atoms with Crippen molar-refractivity contribution in [1.29, 1.82) is 0 Å². The first-order valence-electron chi connectivity index (χ1n) is 5.90. The molecule has 16 heavy (non-hydrogen) atoms. The standard InChI is InChI=1S/C11H22N2O2S/c1-3-4-11(5-6-12-9-11)10(14)13-7-8-16(2)15/h12H,3-9H2,1-2H3,(H,13,14). The number of nitrogens with one attached hydrogen (secondary N) is 2. The van der Waals surface area contributed by atoms with Crippen LogP contribution in [0.2, 0.25) is 0 Å². The molecule has 1 heterocycles. The molecule has 0 saturated carbocycles. The third kappa shape index (κ3) is 3.56. The topological polar surface area (TPSA) is 58.2 Å². The lowest BCUT2D eigenvalue weighted by atomic mass is 9.81. The zero-order chi connectivity index (χ0) is 12.0. The Balaban J connectivity index is 2.45. The van der Waals surface area contributed by atoms with Gasteiger partial charge in [0.25, 0.3) is 0 Å². The molecule has 0 bridgehead atoms. The van der Waals surface area contributed by atoms with Crippen LogP contribution in [0.4, 0.5) is 0 Å². The summed E-state index contributed by atoms with van der Waals surface area (Å²) in [5.41, 5.74) is -0.218. The molecule has 1 aliphatic rings. The van der Waals surface area contributed by atoms with E-state index in [9.17, 15) is 9.00 Å². The van der Waals surface area contributed by atoms with Gasteiger partial charge in [-0.25, -0.2) is 0 Å². The highest BCUT2D eigenvalue weighted by molar-refractivity contribution is 7.84. The Morgan fingerprint density at radius 2 is 2.31 bits per heavy atom. The maximum atomic E-state index is 12.1. The second-order valence-electron chi connectivity index (χ2n) is 4.49. The Kier molecular flexibility index (Phi) is 5.41. The number of hydrogen-bond acceptors (Lipinski definition) is 3. The third-order valence-corrected chi connectivity index (χ3v) is 3.91. The van der Waals surface area contributed by atoms with Crippen molar-refractivity contribution in [3.05, 3.63) is 0 Å². The second kappa shape index (κ2) is 6.35. The van der Waals surface area contributed by atoms with E-state index in [0.29, 0.717) is 12.3 Å². The molecule has 1 saturated heterocycles. The molecule has 0 radical (unpaired) electrons. The van der Waals surface area contributed by atoms with Gasteiger partial charge in [0.15, 0.2) is 0 Å². The van der Waals surface area contributed by atoms with Crippen LogP contribution in [0.1, 0.15) is 26.2 Å². The van der Waals surface area contributed by atoms with E-state index in [1.807, 2.05) is 0 Å². The molecule has 2 atom stereocenters. The van der Waals surface area contributed by atoms with Crippen LogP contribution in [0.25, 0.3) is 0 Å². The van der Waals surface area contributed by atoms with Crippen molar-refractivity contribution in [1.82, 2.24) is 10.6 Å². The van der Waals surface area contributed by atoms with Gasteiger partial charge < -0.3 is 10.6 Å². The summed E-state index contributed by atoms with van der Waals surface area (Å²) in [7, 11) is -0.831. The zero-order valence-corrected chi connectivity index (χ0v) is 11.0. The number of carbonyl (C=O) groups is 1. The molecule has 0 aromatic carbocycles. The molecule has 2 unspecified atom stereocenters. The molecule has 0 aliphatic carbocycles. The van der Waals surface area contributed by atoms with Crippen LogP contribution in [0.3, 0.4) is 0 Å². The lowest BCUT2D eigenvalue weighted by Gasteiger charge is -2.26. The monoisotopic (exact) mass is 246 g/mol. The van der Waals surface area contributed by atoms with E-state index in [-0.39, 0.29) is 11.3 Å². The molecule has 5 heteroatoms. The Hall–Kier alpha value is -0.420. The van der Waals surface area contributed by atoms with Crippen molar-refractivity contribution >= 4 is 16.7 Å². The summed E-state index contributed by atoms with van der Waals surface area (Å²) >= 11 is 0. The fraction of sp³-hybridized carbons (Fsp3) is 0.909. The molecule has 1 amide bonds. The first kappa shape index (κ1) is 13.6. The van der Waals surface area contributed by atoms with Gasteiger partial charge >= 0.3 is 0 Å². The molecule has 1 rings (SSSR count). The van der Waals surface area contributed by atoms with E-state index < -0.39 is 10.8 Å². The highest BCUT2D eigenvalue weighted by atomic mass is 32.2. The van der Waals surface area contributed by atoms with Gasteiger partial charge in [0.05, 0.1) is 5.41 Å². The Morgan fingerprint density at radius 3 is 2.81 bits per heavy atom. The predicted octanol–water partition coefficient (Wildman–Crippen LogP) is 0.261. The van der Waals surface area contributed by atoms with Crippen LogP contribution in [0, 0.1) is 5.41 Å². The zero-order valence-electron chi connectivity index (χ0n) is 10.2. The van der Waals surface area contributed by atoms with Crippen molar-refractivity contribution in [3.63, 3.8) is 0 Å². The van der Waals surface area contributed by atoms with E-state index in [1.54, 1.807) is 6.26 Å². The lowest BCUT2D eigenvalue weighted by molar-refractivity contribution is -0.130. The van der Waals surface area contributed by atoms with Crippen LogP contribution in [-0.4, -0.2) is 41.8 Å². The summed E-state index contributed by atoms with van der Waals surface area (Å²) in [5, 5.41) is 6.17. The molecular weight excluding hydrogens is 224 g/mol. The summed E-state index contributed by atoms with van der Waals surface area (Å²) in [4.78, 5) is 12.1. The minimum absolute atomic E-state index is 0.129. The van der Waals surface area contributed by atoms with Crippen molar-refractivity contribution in [2.45, 2.75) is 26.2 Å². The van der Waals surface area contributed by atoms with Crippen LogP contribution in [-0.2, 0) is 15.6 Å². The number of hydrogen-bond donors (Lipinski definition) is 2. The van der Waals surface area contributed by atoms with Gasteiger partial charge in [0.1, 0.15) is 0 Å². The Labute approximate surface area is 100 Å². The van der Waals surface area contributed by atoms with Crippen molar-refractivity contribution in [2.24, 2.45) is 5.41 Å². The van der Waals surface area contributed by atoms with Gasteiger partial charge in [0, 0.05) is 35.9 Å². The lowest BCUT2D eigenvalue weighted by Crippen LogP contribution is -2.43. The van der Waals surface area contributed by atoms with E-state index >= 15 is 0 Å². The second-order valence-corrected chi connectivity index (χ2v) is 6.04. The van der Waals surface area contributed by atoms with Gasteiger partial charge in [-0.15, -0.1) is 0 Å². The highest BCUT2D eigenvalue weighted by Crippen LogP contribution is 2.31. The molecule has 4 nitrogen and oxygen atoms in total. The van der Waals surface area contributed by atoms with Crippen molar-refractivity contribution in [2.75, 3.05) is 31.6 Å². The van der Waals surface area contributed by atoms with Crippen LogP contribution in [0.5, 0.6) is 0 Å². The highest BCUT2D eigenvalue weighted by Gasteiger charge is 2.39. The van der Waals surface area contributed by atoms with Gasteiger partial charge in [-0.2, -0.15) is 0 Å². The van der Waals surface area contributed by atoms with Crippen molar-refractivity contribution < 1.29 is 9.00 Å². The Morgan fingerprint density at radius 1 is 1.56 bits per heavy atom. The molecule has 94 valence electrons. The fourth-order valence-electron chi connectivity index (χ4n) is 2.24. The molecule has 1 fully saturated rings. The predicted molar refractivity (Wildman–Crippen MR) is 66.8 cm³/mol. The largest absolute Gasteiger partial charge is 0.355 e. The van der Waals surface area contributed by atoms with E-state index in [4.69, 9.17) is 0 Å². The normalized spacial score (nSPS) is 26.6. The number of amides is 1. The van der Waals surface area contributed by atoms with Crippen LogP contribution >= 0.6 is 0 Å². The van der Waals surface area contributed by atoms with E-state index in [1.165, 1.54) is 0 Å². The molecule has 2 N–H and O–H groups in total. The fourth-order valence-corrected chi connectivity index (χ4v) is 2.63. The van der Waals surface area contributed by atoms with Gasteiger partial charge in [-0.05, 0) is 19.4 Å². The molecule has 0 aromatic heterocycles. The first-order chi connectivity index (χ1) is 7.60. The van der Waals surface area contributed by atoms with E-state index in [2.05, 4.69) is 17.6 Å². The first-order valence-corrected chi connectivity index (χ1v) is 7.62. The number of rotatable bonds is 6. The average molecular weight is 246 g/mol. The number of carbonyl (C=O) groups excluding carboxylic acids is 1. The average Bonchev–Trinajstić information content (AvgIpc) is 2.67. The smallest absolute Gasteiger partial charge is 0.227 e. The molecule has 0 aromatic rings. The summed E-state index contributed by atoms with van der Waals surface area (Å²) in [6, 6.07) is 0.